The molecule has 0 aliphatic rings. The molecule has 3 N–H and O–H groups in total. The fraction of sp³-hybridized carbons (Fsp3) is 0.984. The van der Waals surface area contributed by atoms with Crippen LogP contribution in [0, 0.1) is 0 Å². The molecule has 3 unspecified atom stereocenters. The normalized spacial score (nSPS) is 13.7. The van der Waals surface area contributed by atoms with Crippen molar-refractivity contribution in [3.63, 3.8) is 0 Å². The van der Waals surface area contributed by atoms with E-state index in [9.17, 15) is 19.4 Å². The number of nitrogens with one attached hydrogen (secondary N) is 1. The lowest BCUT2D eigenvalue weighted by atomic mass is 10.0. The van der Waals surface area contributed by atoms with Gasteiger partial charge in [0.1, 0.15) is 13.2 Å². The molecule has 0 aromatic rings. The number of amides is 1. The first-order valence-corrected chi connectivity index (χ1v) is 34.4. The lowest BCUT2D eigenvalue weighted by Crippen LogP contribution is -2.46. The van der Waals surface area contributed by atoms with Crippen LogP contribution in [0.2, 0.25) is 0 Å². The van der Waals surface area contributed by atoms with Crippen LogP contribution >= 0.6 is 7.82 Å². The summed E-state index contributed by atoms with van der Waals surface area (Å²) in [6.07, 6.45) is 69.1. The summed E-state index contributed by atoms with van der Waals surface area (Å²) in [7, 11) is 1.64. The van der Waals surface area contributed by atoms with Crippen LogP contribution in [0.5, 0.6) is 0 Å². The molecule has 9 heteroatoms. The molecule has 0 saturated heterocycles. The highest BCUT2D eigenvalue weighted by Gasteiger charge is 2.28. The molecule has 0 radical (unpaired) electrons. The number of phosphoric ester groups is 1. The number of hydrogen-bond donors (Lipinski definition) is 3. The Morgan fingerprint density at radius 2 is 0.658 bits per heavy atom. The minimum absolute atomic E-state index is 0.0793. The molecule has 8 nitrogen and oxygen atoms in total. The second kappa shape index (κ2) is 56.2. The summed E-state index contributed by atoms with van der Waals surface area (Å²) in [4.78, 5) is 23.4. The van der Waals surface area contributed by atoms with Gasteiger partial charge in [-0.05, 0) is 12.8 Å². The maximum Gasteiger partial charge on any atom is 0.472 e. The maximum absolute atomic E-state index is 13.0. The van der Waals surface area contributed by atoms with Crippen LogP contribution in [0.3, 0.4) is 0 Å². The Kier molecular flexibility index (Phi) is 55.8. The molecule has 0 aromatic heterocycles. The largest absolute Gasteiger partial charge is 0.472 e. The SMILES string of the molecule is CCCCCCCCCCCCCCCCCCCCCCCCCCCCCCCCCCCC(=O)NC(COP(=O)(O)OCC[N+](C)(C)C)C(O)CCCCCCCCCCCCCCCCCCCC. The molecule has 0 heterocycles. The number of carbonyl (C=O) groups excluding carboxylic acids is 1. The average molecular weight is 1060 g/mol. The van der Waals surface area contributed by atoms with E-state index in [0.29, 0.717) is 23.9 Å². The number of aliphatic hydroxyl groups is 1. The molecule has 1 amide bonds. The van der Waals surface area contributed by atoms with Gasteiger partial charge in [0.2, 0.25) is 5.91 Å². The van der Waals surface area contributed by atoms with Gasteiger partial charge in [0.15, 0.2) is 0 Å². The Balaban J connectivity index is 3.94. The molecule has 0 aromatic carbocycles. The Labute approximate surface area is 457 Å². The van der Waals surface area contributed by atoms with E-state index in [1.54, 1.807) is 0 Å². The zero-order valence-corrected chi connectivity index (χ0v) is 51.1. The number of quaternary nitrogens is 1. The van der Waals surface area contributed by atoms with Crippen molar-refractivity contribution in [2.24, 2.45) is 0 Å². The van der Waals surface area contributed by atoms with E-state index >= 15 is 0 Å². The number of unbranched alkanes of at least 4 members (excludes halogenated alkanes) is 49. The number of rotatable bonds is 62. The number of likely N-dealkylation sites (N-methyl/N-ethyl adjacent to an activating group) is 1. The summed E-state index contributed by atoms with van der Waals surface area (Å²) in [6.45, 7) is 4.96. The Morgan fingerprint density at radius 3 is 0.918 bits per heavy atom. The first-order chi connectivity index (χ1) is 35.5. The van der Waals surface area contributed by atoms with Crippen LogP contribution in [0.15, 0.2) is 0 Å². The summed E-state index contributed by atoms with van der Waals surface area (Å²) >= 11 is 0. The van der Waals surface area contributed by atoms with Crippen molar-refractivity contribution in [3.05, 3.63) is 0 Å². The van der Waals surface area contributed by atoms with Crippen LogP contribution in [0.25, 0.3) is 0 Å². The Bertz CT molecular complexity index is 1150. The lowest BCUT2D eigenvalue weighted by Gasteiger charge is -2.26. The first-order valence-electron chi connectivity index (χ1n) is 32.9. The number of aliphatic hydroxyl groups excluding tert-OH is 1. The lowest BCUT2D eigenvalue weighted by molar-refractivity contribution is -0.870. The maximum atomic E-state index is 13.0. The molecule has 0 rings (SSSR count). The minimum Gasteiger partial charge on any atom is -0.391 e. The third-order valence-electron chi connectivity index (χ3n) is 15.6. The van der Waals surface area contributed by atoms with E-state index in [2.05, 4.69) is 19.2 Å². The summed E-state index contributed by atoms with van der Waals surface area (Å²) in [5.41, 5.74) is 0. The van der Waals surface area contributed by atoms with Crippen molar-refractivity contribution >= 4 is 13.7 Å². The number of carbonyl (C=O) groups is 1. The van der Waals surface area contributed by atoms with Gasteiger partial charge in [0, 0.05) is 6.42 Å². The van der Waals surface area contributed by atoms with Gasteiger partial charge < -0.3 is 19.8 Å². The third kappa shape index (κ3) is 59.0. The van der Waals surface area contributed by atoms with Crippen LogP contribution in [-0.2, 0) is 18.4 Å². The van der Waals surface area contributed by atoms with Gasteiger partial charge in [-0.15, -0.1) is 0 Å². The predicted molar refractivity (Wildman–Crippen MR) is 319 cm³/mol. The molecule has 3 atom stereocenters. The fourth-order valence-corrected chi connectivity index (χ4v) is 11.2. The Morgan fingerprint density at radius 1 is 0.411 bits per heavy atom. The molecule has 0 aliphatic carbocycles. The van der Waals surface area contributed by atoms with Gasteiger partial charge in [0.05, 0.1) is 39.9 Å². The molecule has 438 valence electrons. The van der Waals surface area contributed by atoms with Crippen molar-refractivity contribution < 1.29 is 32.9 Å². The molecule has 0 fully saturated rings. The summed E-state index contributed by atoms with van der Waals surface area (Å²) in [5.74, 6) is -0.134. The number of nitrogens with zero attached hydrogens (tertiary/aromatic N) is 1. The quantitative estimate of drug-likeness (QED) is 0.0318. The zero-order valence-electron chi connectivity index (χ0n) is 50.2. The van der Waals surface area contributed by atoms with Crippen molar-refractivity contribution in [3.8, 4) is 0 Å². The predicted octanol–water partition coefficient (Wildman–Crippen LogP) is 20.4. The standard InChI is InChI=1S/C64H131N2O6P/c1-6-8-10-12-14-16-18-20-22-24-26-27-28-29-30-31-32-33-34-35-36-37-38-39-40-42-44-46-48-50-52-54-56-58-64(68)65-62(61-72-73(69,70)71-60-59-66(3,4)5)63(67)57-55-53-51-49-47-45-43-41-25-23-21-19-17-15-13-11-9-7-2/h62-63,67H,6-61H2,1-5H3,(H-,65,68,69,70)/p+1. The van der Waals surface area contributed by atoms with E-state index < -0.39 is 20.0 Å². The van der Waals surface area contributed by atoms with E-state index in [1.807, 2.05) is 21.1 Å². The van der Waals surface area contributed by atoms with Crippen molar-refractivity contribution in [1.29, 1.82) is 0 Å². The minimum atomic E-state index is -4.32. The highest BCUT2D eigenvalue weighted by Crippen LogP contribution is 2.43. The van der Waals surface area contributed by atoms with E-state index in [4.69, 9.17) is 9.05 Å². The monoisotopic (exact) mass is 1060 g/mol. The fourth-order valence-electron chi connectivity index (χ4n) is 10.5. The van der Waals surface area contributed by atoms with E-state index in [0.717, 1.165) is 38.5 Å². The first kappa shape index (κ1) is 72.5. The molecular weight excluding hydrogens is 924 g/mol. The summed E-state index contributed by atoms with van der Waals surface area (Å²) in [5, 5.41) is 14.1. The van der Waals surface area contributed by atoms with Gasteiger partial charge in [-0.3, -0.25) is 13.8 Å². The Hall–Kier alpha value is -0.500. The smallest absolute Gasteiger partial charge is 0.391 e. The van der Waals surface area contributed by atoms with Gasteiger partial charge in [-0.25, -0.2) is 4.57 Å². The van der Waals surface area contributed by atoms with Gasteiger partial charge in [-0.1, -0.05) is 335 Å². The number of hydrogen-bond acceptors (Lipinski definition) is 5. The highest BCUT2D eigenvalue weighted by atomic mass is 31.2. The van der Waals surface area contributed by atoms with Gasteiger partial charge >= 0.3 is 7.82 Å². The van der Waals surface area contributed by atoms with Crippen LogP contribution < -0.4 is 5.32 Å². The van der Waals surface area contributed by atoms with Crippen LogP contribution in [0.1, 0.15) is 354 Å². The van der Waals surface area contributed by atoms with Gasteiger partial charge in [0.25, 0.3) is 0 Å². The second-order valence-electron chi connectivity index (χ2n) is 24.2. The van der Waals surface area contributed by atoms with E-state index in [1.165, 1.54) is 289 Å². The summed E-state index contributed by atoms with van der Waals surface area (Å²) < 4.78 is 23.8. The third-order valence-corrected chi connectivity index (χ3v) is 16.6. The van der Waals surface area contributed by atoms with Crippen molar-refractivity contribution in [2.45, 2.75) is 366 Å². The van der Waals surface area contributed by atoms with Gasteiger partial charge in [-0.2, -0.15) is 0 Å². The molecule has 0 spiro atoms. The molecule has 73 heavy (non-hydrogen) atoms. The van der Waals surface area contributed by atoms with Crippen LogP contribution in [0.4, 0.5) is 0 Å². The zero-order chi connectivity index (χ0) is 53.5. The molecule has 0 aliphatic heterocycles. The molecule has 0 saturated carbocycles. The average Bonchev–Trinajstić information content (AvgIpc) is 3.35. The second-order valence-corrected chi connectivity index (χ2v) is 25.7. The summed E-state index contributed by atoms with van der Waals surface area (Å²) in [6, 6.07) is -0.756. The van der Waals surface area contributed by atoms with E-state index in [-0.39, 0.29) is 19.1 Å². The topological polar surface area (TPSA) is 105 Å². The molecule has 0 bridgehead atoms. The van der Waals surface area contributed by atoms with Crippen LogP contribution in [-0.4, -0.2) is 73.4 Å². The molecular formula is C64H132N2O6P+. The van der Waals surface area contributed by atoms with Crippen molar-refractivity contribution in [1.82, 2.24) is 5.32 Å². The highest BCUT2D eigenvalue weighted by molar-refractivity contribution is 7.47. The number of phosphoric acid groups is 1. The van der Waals surface area contributed by atoms with Crippen molar-refractivity contribution in [2.75, 3.05) is 40.9 Å².